The van der Waals surface area contributed by atoms with Gasteiger partial charge in [0.2, 0.25) is 0 Å². The van der Waals surface area contributed by atoms with Crippen LogP contribution >= 0.6 is 22.7 Å². The molecule has 1 N–H and O–H groups in total. The standard InChI is InChI=1S/C16H16N2OS2/c1-10(2)9-17-15(19)13-7-8-14(20-13)16-18-11-5-3-4-6-12(11)21-16/h3-8,10H,9H2,1-2H3,(H,17,19). The number of rotatable bonds is 4. The summed E-state index contributed by atoms with van der Waals surface area (Å²) in [4.78, 5) is 18.5. The lowest BCUT2D eigenvalue weighted by Crippen LogP contribution is -2.26. The maximum atomic E-state index is 12.0. The number of hydrogen-bond donors (Lipinski definition) is 1. The summed E-state index contributed by atoms with van der Waals surface area (Å²) in [6, 6.07) is 11.9. The highest BCUT2D eigenvalue weighted by molar-refractivity contribution is 7.26. The molecule has 0 bridgehead atoms. The van der Waals surface area contributed by atoms with Crippen LogP contribution in [0.2, 0.25) is 0 Å². The van der Waals surface area contributed by atoms with Crippen LogP contribution < -0.4 is 5.32 Å². The molecule has 21 heavy (non-hydrogen) atoms. The van der Waals surface area contributed by atoms with Gasteiger partial charge in [-0.1, -0.05) is 26.0 Å². The summed E-state index contributed by atoms with van der Waals surface area (Å²) in [6.45, 7) is 4.87. The van der Waals surface area contributed by atoms with Gasteiger partial charge in [-0.25, -0.2) is 4.98 Å². The van der Waals surface area contributed by atoms with Crippen LogP contribution in [0.15, 0.2) is 36.4 Å². The molecule has 5 heteroatoms. The molecule has 0 saturated heterocycles. The van der Waals surface area contributed by atoms with E-state index in [4.69, 9.17) is 0 Å². The molecule has 0 radical (unpaired) electrons. The number of carbonyl (C=O) groups is 1. The third-order valence-electron chi connectivity index (χ3n) is 3.01. The molecule has 0 fully saturated rings. The van der Waals surface area contributed by atoms with E-state index < -0.39 is 0 Å². The van der Waals surface area contributed by atoms with E-state index >= 15 is 0 Å². The lowest BCUT2D eigenvalue weighted by atomic mass is 10.2. The van der Waals surface area contributed by atoms with Crippen LogP contribution in [0.25, 0.3) is 20.1 Å². The number of thiazole rings is 1. The lowest BCUT2D eigenvalue weighted by Gasteiger charge is -2.05. The highest BCUT2D eigenvalue weighted by Gasteiger charge is 2.13. The summed E-state index contributed by atoms with van der Waals surface area (Å²) in [6.07, 6.45) is 0. The summed E-state index contributed by atoms with van der Waals surface area (Å²) in [5.41, 5.74) is 1.01. The Balaban J connectivity index is 1.82. The second kappa shape index (κ2) is 5.95. The summed E-state index contributed by atoms with van der Waals surface area (Å²) >= 11 is 3.16. The van der Waals surface area contributed by atoms with Crippen molar-refractivity contribution in [2.24, 2.45) is 5.92 Å². The van der Waals surface area contributed by atoms with Crippen molar-refractivity contribution >= 4 is 38.8 Å². The minimum atomic E-state index is 0.000983. The van der Waals surface area contributed by atoms with E-state index in [0.717, 1.165) is 20.3 Å². The molecule has 3 nitrogen and oxygen atoms in total. The van der Waals surface area contributed by atoms with Crippen molar-refractivity contribution in [3.8, 4) is 9.88 Å². The van der Waals surface area contributed by atoms with E-state index in [1.807, 2.05) is 30.3 Å². The fraction of sp³-hybridized carbons (Fsp3) is 0.250. The van der Waals surface area contributed by atoms with Gasteiger partial charge in [0, 0.05) is 6.54 Å². The molecule has 108 valence electrons. The van der Waals surface area contributed by atoms with Gasteiger partial charge < -0.3 is 5.32 Å². The highest BCUT2D eigenvalue weighted by Crippen LogP contribution is 2.34. The molecule has 2 heterocycles. The first-order valence-electron chi connectivity index (χ1n) is 6.87. The normalized spacial score (nSPS) is 11.2. The predicted octanol–water partition coefficient (Wildman–Crippen LogP) is 4.41. The number of benzene rings is 1. The number of thiophene rings is 1. The van der Waals surface area contributed by atoms with E-state index in [9.17, 15) is 4.79 Å². The number of nitrogens with one attached hydrogen (secondary N) is 1. The minimum absolute atomic E-state index is 0.000983. The molecular formula is C16H16N2OS2. The molecule has 1 amide bonds. The van der Waals surface area contributed by atoms with Gasteiger partial charge in [-0.2, -0.15) is 0 Å². The second-order valence-corrected chi connectivity index (χ2v) is 7.37. The first-order valence-corrected chi connectivity index (χ1v) is 8.51. The Bertz CT molecular complexity index is 740. The topological polar surface area (TPSA) is 42.0 Å². The summed E-state index contributed by atoms with van der Waals surface area (Å²) in [7, 11) is 0. The van der Waals surface area contributed by atoms with Crippen molar-refractivity contribution in [3.05, 3.63) is 41.3 Å². The van der Waals surface area contributed by atoms with Crippen molar-refractivity contribution < 1.29 is 4.79 Å². The molecule has 0 aliphatic heterocycles. The monoisotopic (exact) mass is 316 g/mol. The van der Waals surface area contributed by atoms with E-state index in [1.54, 1.807) is 11.3 Å². The zero-order valence-electron chi connectivity index (χ0n) is 11.9. The number of carbonyl (C=O) groups excluding carboxylic acids is 1. The van der Waals surface area contributed by atoms with Gasteiger partial charge in [-0.15, -0.1) is 22.7 Å². The van der Waals surface area contributed by atoms with Crippen LogP contribution in [0, 0.1) is 5.92 Å². The van der Waals surface area contributed by atoms with Crippen LogP contribution in [0.3, 0.4) is 0 Å². The third-order valence-corrected chi connectivity index (χ3v) is 5.29. The minimum Gasteiger partial charge on any atom is -0.351 e. The van der Waals surface area contributed by atoms with Gasteiger partial charge >= 0.3 is 0 Å². The zero-order chi connectivity index (χ0) is 14.8. The summed E-state index contributed by atoms with van der Waals surface area (Å²) in [5, 5.41) is 3.92. The van der Waals surface area contributed by atoms with Crippen molar-refractivity contribution in [2.75, 3.05) is 6.54 Å². The van der Waals surface area contributed by atoms with Gasteiger partial charge in [0.25, 0.3) is 5.91 Å². The van der Waals surface area contributed by atoms with Gasteiger partial charge in [0.15, 0.2) is 0 Å². The first-order chi connectivity index (χ1) is 10.1. The van der Waals surface area contributed by atoms with Crippen molar-refractivity contribution in [3.63, 3.8) is 0 Å². The van der Waals surface area contributed by atoms with E-state index in [-0.39, 0.29) is 5.91 Å². The van der Waals surface area contributed by atoms with Crippen LogP contribution in [0.4, 0.5) is 0 Å². The first kappa shape index (κ1) is 14.2. The van der Waals surface area contributed by atoms with Gasteiger partial charge in [0.1, 0.15) is 5.01 Å². The summed E-state index contributed by atoms with van der Waals surface area (Å²) < 4.78 is 1.17. The molecule has 0 aliphatic rings. The maximum absolute atomic E-state index is 12.0. The average Bonchev–Trinajstić information content (AvgIpc) is 3.10. The fourth-order valence-corrected chi connectivity index (χ4v) is 3.88. The Morgan fingerprint density at radius 2 is 2.00 bits per heavy atom. The number of amides is 1. The van der Waals surface area contributed by atoms with Crippen molar-refractivity contribution in [2.45, 2.75) is 13.8 Å². The molecule has 2 aromatic heterocycles. The Hall–Kier alpha value is -1.72. The Kier molecular flexibility index (Phi) is 4.03. The largest absolute Gasteiger partial charge is 0.351 e. The van der Waals surface area contributed by atoms with Gasteiger partial charge in [0.05, 0.1) is 20.0 Å². The second-order valence-electron chi connectivity index (χ2n) is 5.25. The Morgan fingerprint density at radius 1 is 1.19 bits per heavy atom. The van der Waals surface area contributed by atoms with Crippen LogP contribution in [-0.4, -0.2) is 17.4 Å². The Labute approximate surface area is 131 Å². The fourth-order valence-electron chi connectivity index (χ4n) is 1.94. The molecule has 3 aromatic rings. The molecule has 0 atom stereocenters. The molecule has 0 saturated carbocycles. The molecule has 0 unspecified atom stereocenters. The molecular weight excluding hydrogens is 300 g/mol. The van der Waals surface area contributed by atoms with Crippen LogP contribution in [0.5, 0.6) is 0 Å². The molecule has 0 aliphatic carbocycles. The smallest absolute Gasteiger partial charge is 0.261 e. The van der Waals surface area contributed by atoms with Crippen LogP contribution in [-0.2, 0) is 0 Å². The third kappa shape index (κ3) is 3.14. The van der Waals surface area contributed by atoms with E-state index in [2.05, 4.69) is 30.2 Å². The van der Waals surface area contributed by atoms with Crippen molar-refractivity contribution in [1.82, 2.24) is 10.3 Å². The average molecular weight is 316 g/mol. The number of fused-ring (bicyclic) bond motifs is 1. The molecule has 1 aromatic carbocycles. The number of hydrogen-bond acceptors (Lipinski definition) is 4. The van der Waals surface area contributed by atoms with E-state index in [1.165, 1.54) is 16.0 Å². The van der Waals surface area contributed by atoms with Crippen molar-refractivity contribution in [1.29, 1.82) is 0 Å². The zero-order valence-corrected chi connectivity index (χ0v) is 13.6. The van der Waals surface area contributed by atoms with Gasteiger partial charge in [-0.05, 0) is 30.2 Å². The van der Waals surface area contributed by atoms with Crippen LogP contribution in [0.1, 0.15) is 23.5 Å². The molecule has 3 rings (SSSR count). The number of nitrogens with zero attached hydrogens (tertiary/aromatic N) is 1. The summed E-state index contributed by atoms with van der Waals surface area (Å²) in [5.74, 6) is 0.457. The number of para-hydroxylation sites is 1. The SMILES string of the molecule is CC(C)CNC(=O)c1ccc(-c2nc3ccccc3s2)s1. The molecule has 0 spiro atoms. The van der Waals surface area contributed by atoms with Gasteiger partial charge in [-0.3, -0.25) is 4.79 Å². The highest BCUT2D eigenvalue weighted by atomic mass is 32.1. The lowest BCUT2D eigenvalue weighted by molar-refractivity contribution is 0.0953. The quantitative estimate of drug-likeness (QED) is 0.774. The van der Waals surface area contributed by atoms with E-state index in [0.29, 0.717) is 12.5 Å². The maximum Gasteiger partial charge on any atom is 0.261 e. The Morgan fingerprint density at radius 3 is 2.76 bits per heavy atom. The predicted molar refractivity (Wildman–Crippen MR) is 90.1 cm³/mol. The number of aromatic nitrogens is 1.